The van der Waals surface area contributed by atoms with Gasteiger partial charge in [-0.05, 0) is 75.8 Å². The summed E-state index contributed by atoms with van der Waals surface area (Å²) >= 11 is 6.22. The molecule has 2 aliphatic carbocycles. The molecule has 2 aliphatic rings. The third-order valence-electron chi connectivity index (χ3n) is 8.44. The number of allylic oxidation sites excluding steroid dienone is 4. The molecule has 0 aliphatic heterocycles. The second-order valence-electron chi connectivity index (χ2n) is 11.4. The van der Waals surface area contributed by atoms with Gasteiger partial charge in [-0.25, -0.2) is 0 Å². The molecule has 0 radical (unpaired) electrons. The van der Waals surface area contributed by atoms with Crippen molar-refractivity contribution >= 4 is 23.5 Å². The SMILES string of the molecule is O=C(O)C1(CCCCCC/C=C\CCCCCCC2(C(=O)OCCc3ccccc3Cl)C=CCC2)C=CCC1. The van der Waals surface area contributed by atoms with Crippen molar-refractivity contribution < 1.29 is 19.4 Å². The quantitative estimate of drug-likeness (QED) is 0.105. The van der Waals surface area contributed by atoms with Gasteiger partial charge in [0, 0.05) is 11.4 Å². The molecule has 4 nitrogen and oxygen atoms in total. The maximum atomic E-state index is 13.0. The van der Waals surface area contributed by atoms with Gasteiger partial charge in [-0.3, -0.25) is 9.59 Å². The standard InChI is InChI=1S/C34H47ClO4/c35-30-20-12-11-19-29(30)21-28-39-32(38)34(26-17-18-27-34)25-14-10-8-6-4-2-1-3-5-7-9-13-22-33(31(36)37)23-15-16-24-33/h1-2,11-12,15,17,19-20,23,26H,3-10,13-14,16,18,21-22,24-25,27-28H2,(H,36,37)/b2-1-. The average Bonchev–Trinajstić information content (AvgIpc) is 3.61. The summed E-state index contributed by atoms with van der Waals surface area (Å²) in [6, 6.07) is 7.71. The van der Waals surface area contributed by atoms with E-state index < -0.39 is 16.8 Å². The molecule has 0 heterocycles. The fourth-order valence-corrected chi connectivity index (χ4v) is 6.12. The maximum absolute atomic E-state index is 13.0. The molecule has 0 amide bonds. The number of carbonyl (C=O) groups is 2. The Kier molecular flexibility index (Phi) is 13.4. The van der Waals surface area contributed by atoms with Gasteiger partial charge in [0.15, 0.2) is 0 Å². The van der Waals surface area contributed by atoms with Gasteiger partial charge in [0.05, 0.1) is 17.4 Å². The lowest BCUT2D eigenvalue weighted by Gasteiger charge is -2.25. The molecule has 1 N–H and O–H groups in total. The molecule has 2 atom stereocenters. The molecule has 0 bridgehead atoms. The second kappa shape index (κ2) is 16.7. The number of hydrogen-bond acceptors (Lipinski definition) is 3. The van der Waals surface area contributed by atoms with Crippen molar-refractivity contribution in [1.82, 2.24) is 0 Å². The molecule has 5 heteroatoms. The summed E-state index contributed by atoms with van der Waals surface area (Å²) in [7, 11) is 0. The van der Waals surface area contributed by atoms with E-state index in [-0.39, 0.29) is 5.97 Å². The summed E-state index contributed by atoms with van der Waals surface area (Å²) in [5.41, 5.74) is -0.0162. The number of benzene rings is 1. The number of carbonyl (C=O) groups excluding carboxylic acids is 1. The minimum Gasteiger partial charge on any atom is -0.481 e. The van der Waals surface area contributed by atoms with E-state index >= 15 is 0 Å². The molecule has 2 unspecified atom stereocenters. The van der Waals surface area contributed by atoms with Crippen molar-refractivity contribution in [3.63, 3.8) is 0 Å². The molecule has 39 heavy (non-hydrogen) atoms. The van der Waals surface area contributed by atoms with E-state index in [1.807, 2.05) is 36.4 Å². The first-order valence-corrected chi connectivity index (χ1v) is 15.5. The predicted octanol–water partition coefficient (Wildman–Crippen LogP) is 9.42. The molecule has 0 spiro atoms. The highest BCUT2D eigenvalue weighted by atomic mass is 35.5. The largest absolute Gasteiger partial charge is 0.481 e. The molecule has 1 aromatic rings. The van der Waals surface area contributed by atoms with Gasteiger partial charge >= 0.3 is 11.9 Å². The molecule has 0 aromatic heterocycles. The number of carboxylic acids is 1. The third kappa shape index (κ3) is 9.98. The lowest BCUT2D eigenvalue weighted by Crippen LogP contribution is -2.30. The summed E-state index contributed by atoms with van der Waals surface area (Å²) in [6.45, 7) is 0.369. The normalized spacial score (nSPS) is 22.2. The number of ether oxygens (including phenoxy) is 1. The first-order chi connectivity index (χ1) is 19.0. The molecule has 0 saturated heterocycles. The Hall–Kier alpha value is -2.33. The van der Waals surface area contributed by atoms with E-state index in [9.17, 15) is 14.7 Å². The van der Waals surface area contributed by atoms with Crippen molar-refractivity contribution in [2.45, 2.75) is 109 Å². The number of esters is 1. The van der Waals surface area contributed by atoms with Crippen molar-refractivity contribution in [1.29, 1.82) is 0 Å². The number of unbranched alkanes of at least 4 members (excludes halogenated alkanes) is 8. The molecule has 3 rings (SSSR count). The summed E-state index contributed by atoms with van der Waals surface area (Å²) in [5, 5.41) is 10.2. The summed E-state index contributed by atoms with van der Waals surface area (Å²) in [4.78, 5) is 24.5. The van der Waals surface area contributed by atoms with Crippen LogP contribution in [0.4, 0.5) is 0 Å². The van der Waals surface area contributed by atoms with Gasteiger partial charge in [-0.15, -0.1) is 0 Å². The van der Waals surface area contributed by atoms with E-state index in [4.69, 9.17) is 16.3 Å². The molecule has 0 fully saturated rings. The Morgan fingerprint density at radius 3 is 1.95 bits per heavy atom. The zero-order valence-electron chi connectivity index (χ0n) is 23.6. The Labute approximate surface area is 240 Å². The highest BCUT2D eigenvalue weighted by molar-refractivity contribution is 6.31. The Morgan fingerprint density at radius 1 is 0.821 bits per heavy atom. The summed E-state index contributed by atoms with van der Waals surface area (Å²) < 4.78 is 5.71. The smallest absolute Gasteiger partial charge is 0.315 e. The number of halogens is 1. The maximum Gasteiger partial charge on any atom is 0.315 e. The van der Waals surface area contributed by atoms with Crippen LogP contribution in [0.15, 0.2) is 60.7 Å². The van der Waals surface area contributed by atoms with E-state index in [1.165, 1.54) is 25.7 Å². The van der Waals surface area contributed by atoms with Crippen LogP contribution in [-0.4, -0.2) is 23.7 Å². The predicted molar refractivity (Wildman–Crippen MR) is 160 cm³/mol. The van der Waals surface area contributed by atoms with Crippen molar-refractivity contribution in [3.8, 4) is 0 Å². The van der Waals surface area contributed by atoms with Gasteiger partial charge in [-0.1, -0.05) is 105 Å². The van der Waals surface area contributed by atoms with Gasteiger partial charge in [0.25, 0.3) is 0 Å². The monoisotopic (exact) mass is 554 g/mol. The van der Waals surface area contributed by atoms with Gasteiger partial charge in [0.2, 0.25) is 0 Å². The van der Waals surface area contributed by atoms with Crippen LogP contribution in [0, 0.1) is 10.8 Å². The topological polar surface area (TPSA) is 63.6 Å². The van der Waals surface area contributed by atoms with Crippen LogP contribution in [0.2, 0.25) is 5.02 Å². The van der Waals surface area contributed by atoms with E-state index in [0.29, 0.717) is 13.0 Å². The van der Waals surface area contributed by atoms with Crippen LogP contribution in [0.25, 0.3) is 0 Å². The molecular formula is C34H47ClO4. The minimum absolute atomic E-state index is 0.0806. The zero-order chi connectivity index (χ0) is 27.8. The third-order valence-corrected chi connectivity index (χ3v) is 8.81. The van der Waals surface area contributed by atoms with E-state index in [0.717, 1.165) is 87.6 Å². The zero-order valence-corrected chi connectivity index (χ0v) is 24.3. The molecule has 1 aromatic carbocycles. The number of hydrogen-bond donors (Lipinski definition) is 1. The Bertz CT molecular complexity index is 997. The van der Waals surface area contributed by atoms with Gasteiger partial charge < -0.3 is 9.84 Å². The van der Waals surface area contributed by atoms with Gasteiger partial charge in [0.1, 0.15) is 0 Å². The van der Waals surface area contributed by atoms with Gasteiger partial charge in [-0.2, -0.15) is 0 Å². The van der Waals surface area contributed by atoms with Crippen LogP contribution in [0.5, 0.6) is 0 Å². The van der Waals surface area contributed by atoms with E-state index in [1.54, 1.807) is 0 Å². The van der Waals surface area contributed by atoms with Crippen molar-refractivity contribution in [3.05, 3.63) is 71.3 Å². The van der Waals surface area contributed by atoms with Crippen molar-refractivity contribution in [2.75, 3.05) is 6.61 Å². The first kappa shape index (κ1) is 31.2. The fourth-order valence-electron chi connectivity index (χ4n) is 5.89. The van der Waals surface area contributed by atoms with Crippen LogP contribution < -0.4 is 0 Å². The van der Waals surface area contributed by atoms with Crippen molar-refractivity contribution in [2.24, 2.45) is 10.8 Å². The Balaban J connectivity index is 1.19. The van der Waals surface area contributed by atoms with E-state index in [2.05, 4.69) is 24.3 Å². The fraction of sp³-hybridized carbons (Fsp3) is 0.588. The first-order valence-electron chi connectivity index (χ1n) is 15.1. The number of aliphatic carboxylic acids is 1. The molecule has 214 valence electrons. The summed E-state index contributed by atoms with van der Waals surface area (Å²) in [5.74, 6) is -0.736. The lowest BCUT2D eigenvalue weighted by atomic mass is 9.82. The number of carboxylic acid groups (broad SMARTS) is 1. The highest BCUT2D eigenvalue weighted by Gasteiger charge is 2.39. The van der Waals surface area contributed by atoms with Crippen LogP contribution >= 0.6 is 11.6 Å². The van der Waals surface area contributed by atoms with Crippen LogP contribution in [-0.2, 0) is 20.7 Å². The second-order valence-corrected chi connectivity index (χ2v) is 11.8. The number of rotatable bonds is 19. The van der Waals surface area contributed by atoms with Crippen LogP contribution in [0.3, 0.4) is 0 Å². The minimum atomic E-state index is -0.655. The highest BCUT2D eigenvalue weighted by Crippen LogP contribution is 2.39. The molecule has 0 saturated carbocycles. The average molecular weight is 555 g/mol. The van der Waals surface area contributed by atoms with Crippen LogP contribution in [0.1, 0.15) is 108 Å². The molecular weight excluding hydrogens is 508 g/mol. The summed E-state index contributed by atoms with van der Waals surface area (Å²) in [6.07, 6.45) is 29.8. The Morgan fingerprint density at radius 2 is 1.38 bits per heavy atom. The lowest BCUT2D eigenvalue weighted by molar-refractivity contribution is -0.153.